The van der Waals surface area contributed by atoms with E-state index in [0.717, 1.165) is 18.8 Å². The van der Waals surface area contributed by atoms with Crippen molar-refractivity contribution in [2.75, 3.05) is 19.0 Å². The number of anilines is 1. The van der Waals surface area contributed by atoms with Crippen LogP contribution in [0, 0.1) is 0 Å². The third kappa shape index (κ3) is 4.55. The summed E-state index contributed by atoms with van der Waals surface area (Å²) in [5, 5.41) is 0. The zero-order chi connectivity index (χ0) is 11.8. The number of hydrogen-bond donors (Lipinski definition) is 2. The number of unbranched alkanes of at least 4 members (excludes halogenated alkanes) is 2. The summed E-state index contributed by atoms with van der Waals surface area (Å²) in [6, 6.07) is 0. The number of nitrogens with two attached hydrogens (primary N) is 1. The summed E-state index contributed by atoms with van der Waals surface area (Å²) in [7, 11) is 2.10. The van der Waals surface area contributed by atoms with Gasteiger partial charge in [0.05, 0.1) is 18.1 Å². The van der Waals surface area contributed by atoms with Crippen LogP contribution in [0.4, 0.5) is 5.82 Å². The maximum Gasteiger partial charge on any atom is 0.158 e. The molecule has 1 aromatic rings. The highest BCUT2D eigenvalue weighted by Gasteiger charge is 2.01. The molecule has 0 radical (unpaired) electrons. The molecule has 0 aliphatic heterocycles. The van der Waals surface area contributed by atoms with Crippen molar-refractivity contribution in [2.24, 2.45) is 5.84 Å². The molecule has 0 aromatic carbocycles. The molecule has 0 fully saturated rings. The average molecular weight is 223 g/mol. The lowest BCUT2D eigenvalue weighted by Gasteiger charge is -2.15. The number of nitrogens with zero attached hydrogens (tertiary/aromatic N) is 3. The predicted molar refractivity (Wildman–Crippen MR) is 65.7 cm³/mol. The zero-order valence-electron chi connectivity index (χ0n) is 10.1. The van der Waals surface area contributed by atoms with Gasteiger partial charge in [-0.1, -0.05) is 19.8 Å². The molecule has 3 N–H and O–H groups in total. The monoisotopic (exact) mass is 223 g/mol. The van der Waals surface area contributed by atoms with E-state index in [2.05, 4.69) is 34.3 Å². The lowest BCUT2D eigenvalue weighted by Crippen LogP contribution is -2.20. The molecular weight excluding hydrogens is 202 g/mol. The average Bonchev–Trinajstić information content (AvgIpc) is 2.30. The first-order valence-corrected chi connectivity index (χ1v) is 5.72. The van der Waals surface area contributed by atoms with E-state index in [9.17, 15) is 0 Å². The van der Waals surface area contributed by atoms with Gasteiger partial charge in [0.15, 0.2) is 5.82 Å². The van der Waals surface area contributed by atoms with Crippen LogP contribution in [0.1, 0.15) is 31.9 Å². The van der Waals surface area contributed by atoms with E-state index in [1.54, 1.807) is 12.4 Å². The van der Waals surface area contributed by atoms with E-state index < -0.39 is 0 Å². The molecule has 1 rings (SSSR count). The van der Waals surface area contributed by atoms with Crippen LogP contribution in [-0.2, 0) is 6.54 Å². The largest absolute Gasteiger partial charge is 0.307 e. The second-order valence-electron chi connectivity index (χ2n) is 3.98. The normalized spacial score (nSPS) is 10.8. The minimum Gasteiger partial charge on any atom is -0.307 e. The van der Waals surface area contributed by atoms with Gasteiger partial charge in [0, 0.05) is 6.54 Å². The fraction of sp³-hybridized carbons (Fsp3) is 0.636. The summed E-state index contributed by atoms with van der Waals surface area (Å²) in [6.07, 6.45) is 7.18. The number of rotatable bonds is 7. The molecule has 5 nitrogen and oxygen atoms in total. The van der Waals surface area contributed by atoms with Gasteiger partial charge in [0.2, 0.25) is 0 Å². The molecule has 0 spiro atoms. The number of hydrazine groups is 1. The van der Waals surface area contributed by atoms with Crippen LogP contribution in [0.3, 0.4) is 0 Å². The van der Waals surface area contributed by atoms with Crippen molar-refractivity contribution in [1.29, 1.82) is 0 Å². The SMILES string of the molecule is CCCCCN(C)Cc1cnc(NN)cn1. The van der Waals surface area contributed by atoms with E-state index in [1.807, 2.05) is 0 Å². The molecule has 0 atom stereocenters. The summed E-state index contributed by atoms with van der Waals surface area (Å²) in [4.78, 5) is 10.7. The van der Waals surface area contributed by atoms with Gasteiger partial charge in [0.1, 0.15) is 0 Å². The minimum atomic E-state index is 0.595. The molecule has 0 saturated heterocycles. The Morgan fingerprint density at radius 1 is 1.31 bits per heavy atom. The fourth-order valence-electron chi connectivity index (χ4n) is 1.50. The Morgan fingerprint density at radius 3 is 2.69 bits per heavy atom. The molecule has 0 aliphatic carbocycles. The second-order valence-corrected chi connectivity index (χ2v) is 3.98. The first-order valence-electron chi connectivity index (χ1n) is 5.72. The van der Waals surface area contributed by atoms with Gasteiger partial charge >= 0.3 is 0 Å². The Bertz CT molecular complexity index is 285. The smallest absolute Gasteiger partial charge is 0.158 e. The highest BCUT2D eigenvalue weighted by atomic mass is 15.3. The van der Waals surface area contributed by atoms with Gasteiger partial charge < -0.3 is 10.3 Å². The highest BCUT2D eigenvalue weighted by Crippen LogP contribution is 2.03. The van der Waals surface area contributed by atoms with E-state index in [-0.39, 0.29) is 0 Å². The van der Waals surface area contributed by atoms with Crippen molar-refractivity contribution in [1.82, 2.24) is 14.9 Å². The maximum absolute atomic E-state index is 5.22. The lowest BCUT2D eigenvalue weighted by molar-refractivity contribution is 0.314. The predicted octanol–water partition coefficient (Wildman–Crippen LogP) is 1.38. The number of aromatic nitrogens is 2. The first kappa shape index (κ1) is 12.9. The summed E-state index contributed by atoms with van der Waals surface area (Å²) in [5.41, 5.74) is 3.43. The standard InChI is InChI=1S/C11H21N5/c1-3-4-5-6-16(2)9-10-7-14-11(15-12)8-13-10/h7-8H,3-6,9,12H2,1-2H3,(H,14,15). The number of hydrogen-bond acceptors (Lipinski definition) is 5. The Hall–Kier alpha value is -1.20. The third-order valence-electron chi connectivity index (χ3n) is 2.43. The molecule has 0 amide bonds. The molecule has 0 aliphatic rings. The first-order chi connectivity index (χ1) is 7.76. The van der Waals surface area contributed by atoms with Crippen LogP contribution < -0.4 is 11.3 Å². The minimum absolute atomic E-state index is 0.595. The molecule has 16 heavy (non-hydrogen) atoms. The maximum atomic E-state index is 5.22. The molecular formula is C11H21N5. The molecule has 1 heterocycles. The Kier molecular flexibility index (Phi) is 5.74. The van der Waals surface area contributed by atoms with Gasteiger partial charge in [-0.25, -0.2) is 10.8 Å². The zero-order valence-corrected chi connectivity index (χ0v) is 10.1. The van der Waals surface area contributed by atoms with Crippen molar-refractivity contribution in [3.8, 4) is 0 Å². The Balaban J connectivity index is 2.34. The van der Waals surface area contributed by atoms with Gasteiger partial charge in [0.25, 0.3) is 0 Å². The quantitative estimate of drug-likeness (QED) is 0.415. The summed E-state index contributed by atoms with van der Waals surface area (Å²) in [6.45, 7) is 4.15. The van der Waals surface area contributed by atoms with Crippen molar-refractivity contribution in [3.63, 3.8) is 0 Å². The summed E-state index contributed by atoms with van der Waals surface area (Å²) in [5.74, 6) is 5.81. The van der Waals surface area contributed by atoms with Crippen LogP contribution >= 0.6 is 0 Å². The molecule has 1 aromatic heterocycles. The summed E-state index contributed by atoms with van der Waals surface area (Å²) < 4.78 is 0. The Labute approximate surface area is 97.0 Å². The van der Waals surface area contributed by atoms with E-state index in [1.165, 1.54) is 19.3 Å². The number of nitrogens with one attached hydrogen (secondary N) is 1. The lowest BCUT2D eigenvalue weighted by atomic mass is 10.2. The van der Waals surface area contributed by atoms with Crippen LogP contribution in [-0.4, -0.2) is 28.5 Å². The number of nitrogen functional groups attached to an aromatic ring is 1. The topological polar surface area (TPSA) is 67.1 Å². The van der Waals surface area contributed by atoms with Crippen LogP contribution in [0.25, 0.3) is 0 Å². The molecule has 5 heteroatoms. The molecule has 0 unspecified atom stereocenters. The third-order valence-corrected chi connectivity index (χ3v) is 2.43. The second kappa shape index (κ2) is 7.14. The molecule has 90 valence electrons. The fourth-order valence-corrected chi connectivity index (χ4v) is 1.50. The van der Waals surface area contributed by atoms with Crippen LogP contribution in [0.15, 0.2) is 12.4 Å². The highest BCUT2D eigenvalue weighted by molar-refractivity contribution is 5.28. The van der Waals surface area contributed by atoms with Gasteiger partial charge in [-0.3, -0.25) is 4.98 Å². The van der Waals surface area contributed by atoms with Crippen molar-refractivity contribution < 1.29 is 0 Å². The van der Waals surface area contributed by atoms with Crippen molar-refractivity contribution in [2.45, 2.75) is 32.7 Å². The Morgan fingerprint density at radius 2 is 2.12 bits per heavy atom. The van der Waals surface area contributed by atoms with Gasteiger partial charge in [-0.2, -0.15) is 0 Å². The van der Waals surface area contributed by atoms with Gasteiger partial charge in [-0.15, -0.1) is 0 Å². The molecule has 0 saturated carbocycles. The molecule has 0 bridgehead atoms. The van der Waals surface area contributed by atoms with E-state index in [0.29, 0.717) is 5.82 Å². The summed E-state index contributed by atoms with van der Waals surface area (Å²) >= 11 is 0. The van der Waals surface area contributed by atoms with E-state index >= 15 is 0 Å². The van der Waals surface area contributed by atoms with Crippen molar-refractivity contribution >= 4 is 5.82 Å². The van der Waals surface area contributed by atoms with Gasteiger partial charge in [-0.05, 0) is 20.0 Å². The van der Waals surface area contributed by atoms with Crippen molar-refractivity contribution in [3.05, 3.63) is 18.1 Å². The van der Waals surface area contributed by atoms with Crippen LogP contribution in [0.2, 0.25) is 0 Å². The van der Waals surface area contributed by atoms with Crippen LogP contribution in [0.5, 0.6) is 0 Å². The van der Waals surface area contributed by atoms with E-state index in [4.69, 9.17) is 5.84 Å².